The van der Waals surface area contributed by atoms with Gasteiger partial charge in [0.15, 0.2) is 0 Å². The minimum atomic E-state index is 0.104. The van der Waals surface area contributed by atoms with E-state index in [4.69, 9.17) is 0 Å². The lowest BCUT2D eigenvalue weighted by atomic mass is 9.97. The Morgan fingerprint density at radius 1 is 1.47 bits per heavy atom. The van der Waals surface area contributed by atoms with E-state index >= 15 is 0 Å². The van der Waals surface area contributed by atoms with Crippen LogP contribution in [0.25, 0.3) is 5.57 Å². The Bertz CT molecular complexity index is 414. The molecule has 0 saturated heterocycles. The molecule has 1 aromatic rings. The zero-order valence-electron chi connectivity index (χ0n) is 8.87. The molecule has 0 saturated carbocycles. The first-order valence-corrected chi connectivity index (χ1v) is 5.77. The summed E-state index contributed by atoms with van der Waals surface area (Å²) < 4.78 is 1.07. The van der Waals surface area contributed by atoms with Crippen LogP contribution >= 0.6 is 15.9 Å². The molecule has 2 nitrogen and oxygen atoms in total. The number of aliphatic hydroxyl groups is 1. The van der Waals surface area contributed by atoms with Gasteiger partial charge in [0.25, 0.3) is 0 Å². The first kappa shape index (κ1) is 10.7. The van der Waals surface area contributed by atoms with Gasteiger partial charge in [0, 0.05) is 28.8 Å². The predicted molar refractivity (Wildman–Crippen MR) is 67.1 cm³/mol. The van der Waals surface area contributed by atoms with E-state index in [2.05, 4.69) is 46.9 Å². The summed E-state index contributed by atoms with van der Waals surface area (Å²) in [5, 5.41) is 9.31. The van der Waals surface area contributed by atoms with Gasteiger partial charge < -0.3 is 10.0 Å². The Morgan fingerprint density at radius 3 is 2.87 bits per heavy atom. The van der Waals surface area contributed by atoms with Gasteiger partial charge in [0.05, 0.1) is 6.61 Å². The van der Waals surface area contributed by atoms with E-state index in [0.29, 0.717) is 6.04 Å². The van der Waals surface area contributed by atoms with E-state index in [1.54, 1.807) is 0 Å². The molecule has 0 fully saturated rings. The fourth-order valence-electron chi connectivity index (χ4n) is 1.92. The van der Waals surface area contributed by atoms with Crippen molar-refractivity contribution in [3.05, 3.63) is 34.3 Å². The molecule has 3 heteroatoms. The highest BCUT2D eigenvalue weighted by molar-refractivity contribution is 9.10. The molecule has 0 amide bonds. The second-order valence-corrected chi connectivity index (χ2v) is 4.78. The van der Waals surface area contributed by atoms with Crippen LogP contribution in [0.2, 0.25) is 0 Å². The number of aliphatic hydroxyl groups excluding tert-OH is 1. The van der Waals surface area contributed by atoms with Crippen LogP contribution in [-0.4, -0.2) is 24.8 Å². The lowest BCUT2D eigenvalue weighted by Crippen LogP contribution is -2.31. The molecule has 15 heavy (non-hydrogen) atoms. The monoisotopic (exact) mass is 267 g/mol. The van der Waals surface area contributed by atoms with Gasteiger partial charge in [-0.25, -0.2) is 0 Å². The first-order valence-electron chi connectivity index (χ1n) is 4.98. The second-order valence-electron chi connectivity index (χ2n) is 3.86. The highest BCUT2D eigenvalue weighted by Gasteiger charge is 2.20. The minimum absolute atomic E-state index is 0.104. The van der Waals surface area contributed by atoms with Crippen LogP contribution in [0.15, 0.2) is 28.7 Å². The van der Waals surface area contributed by atoms with Crippen molar-refractivity contribution in [3.63, 3.8) is 0 Å². The van der Waals surface area contributed by atoms with E-state index in [-0.39, 0.29) is 6.61 Å². The first-order chi connectivity index (χ1) is 7.13. The third kappa shape index (κ3) is 1.82. The maximum atomic E-state index is 9.31. The molecule has 0 bridgehead atoms. The molecule has 0 radical (unpaired) electrons. The topological polar surface area (TPSA) is 23.5 Å². The average molecular weight is 268 g/mol. The van der Waals surface area contributed by atoms with Crippen molar-refractivity contribution in [1.82, 2.24) is 0 Å². The molecule has 0 spiro atoms. The van der Waals surface area contributed by atoms with Crippen molar-refractivity contribution >= 4 is 27.2 Å². The standard InChI is InChI=1S/C12H14BrNO/c1-8-5-9(7-15)11-4-3-10(13)6-12(11)14(8)2/h3-6,8,15H,7H2,1-2H3/t8-/m1/s1. The number of fused-ring (bicyclic) bond motifs is 1. The quantitative estimate of drug-likeness (QED) is 0.846. The number of hydrogen-bond acceptors (Lipinski definition) is 2. The van der Waals surface area contributed by atoms with E-state index in [1.807, 2.05) is 12.1 Å². The molecule has 0 unspecified atom stereocenters. The van der Waals surface area contributed by atoms with Crippen LogP contribution in [0.3, 0.4) is 0 Å². The second kappa shape index (κ2) is 3.99. The molecule has 1 heterocycles. The zero-order valence-corrected chi connectivity index (χ0v) is 10.5. The van der Waals surface area contributed by atoms with Gasteiger partial charge in [0.2, 0.25) is 0 Å². The number of hydrogen-bond donors (Lipinski definition) is 1. The SMILES string of the molecule is C[C@@H]1C=C(CO)c2ccc(Br)cc2N1C. The number of nitrogens with zero attached hydrogens (tertiary/aromatic N) is 1. The summed E-state index contributed by atoms with van der Waals surface area (Å²) in [4.78, 5) is 2.21. The largest absolute Gasteiger partial charge is 0.392 e. The number of benzene rings is 1. The average Bonchev–Trinajstić information content (AvgIpc) is 2.23. The third-order valence-electron chi connectivity index (χ3n) is 2.91. The molecule has 80 valence electrons. The van der Waals surface area contributed by atoms with Crippen LogP contribution in [0.1, 0.15) is 12.5 Å². The van der Waals surface area contributed by atoms with Gasteiger partial charge >= 0.3 is 0 Å². The molecule has 0 aliphatic carbocycles. The number of anilines is 1. The smallest absolute Gasteiger partial charge is 0.0686 e. The van der Waals surface area contributed by atoms with Gasteiger partial charge in [-0.1, -0.05) is 28.1 Å². The minimum Gasteiger partial charge on any atom is -0.392 e. The molecular formula is C12H14BrNO. The third-order valence-corrected chi connectivity index (χ3v) is 3.40. The summed E-state index contributed by atoms with van der Waals surface area (Å²) in [5.74, 6) is 0. The fraction of sp³-hybridized carbons (Fsp3) is 0.333. The molecule has 2 rings (SSSR count). The molecular weight excluding hydrogens is 254 g/mol. The van der Waals surface area contributed by atoms with Crippen molar-refractivity contribution in [3.8, 4) is 0 Å². The Balaban J connectivity index is 2.57. The summed E-state index contributed by atoms with van der Waals surface area (Å²) in [6.45, 7) is 2.23. The molecule has 1 atom stereocenters. The Hall–Kier alpha value is -0.800. The van der Waals surface area contributed by atoms with Gasteiger partial charge in [-0.2, -0.15) is 0 Å². The number of likely N-dealkylation sites (N-methyl/N-ethyl adjacent to an activating group) is 1. The van der Waals surface area contributed by atoms with Crippen molar-refractivity contribution in [2.45, 2.75) is 13.0 Å². The highest BCUT2D eigenvalue weighted by Crippen LogP contribution is 2.34. The van der Waals surface area contributed by atoms with E-state index in [9.17, 15) is 5.11 Å². The summed E-state index contributed by atoms with van der Waals surface area (Å²) in [5.41, 5.74) is 3.31. The molecule has 1 aromatic carbocycles. The van der Waals surface area contributed by atoms with Crippen LogP contribution < -0.4 is 4.90 Å². The maximum Gasteiger partial charge on any atom is 0.0686 e. The molecule has 1 N–H and O–H groups in total. The summed E-state index contributed by atoms with van der Waals surface area (Å²) in [6.07, 6.45) is 2.11. The van der Waals surface area contributed by atoms with E-state index in [1.165, 1.54) is 5.69 Å². The van der Waals surface area contributed by atoms with Gasteiger partial charge in [-0.15, -0.1) is 0 Å². The van der Waals surface area contributed by atoms with E-state index < -0.39 is 0 Å². The Kier molecular flexibility index (Phi) is 2.85. The molecule has 0 aromatic heterocycles. The molecule has 1 aliphatic rings. The Labute approximate surface area is 98.3 Å². The zero-order chi connectivity index (χ0) is 11.0. The van der Waals surface area contributed by atoms with Crippen LogP contribution in [0.5, 0.6) is 0 Å². The van der Waals surface area contributed by atoms with E-state index in [0.717, 1.165) is 15.6 Å². The van der Waals surface area contributed by atoms with Gasteiger partial charge in [-0.3, -0.25) is 0 Å². The summed E-state index contributed by atoms with van der Waals surface area (Å²) in [6, 6.07) is 6.47. The van der Waals surface area contributed by atoms with Crippen molar-refractivity contribution in [2.75, 3.05) is 18.6 Å². The van der Waals surface area contributed by atoms with Crippen LogP contribution in [0, 0.1) is 0 Å². The lowest BCUT2D eigenvalue weighted by Gasteiger charge is -2.32. The van der Waals surface area contributed by atoms with Gasteiger partial charge in [0.1, 0.15) is 0 Å². The van der Waals surface area contributed by atoms with Crippen LogP contribution in [-0.2, 0) is 0 Å². The van der Waals surface area contributed by atoms with Gasteiger partial charge in [-0.05, 0) is 24.6 Å². The predicted octanol–water partition coefficient (Wildman–Crippen LogP) is 2.66. The molecule has 1 aliphatic heterocycles. The Morgan fingerprint density at radius 2 is 2.20 bits per heavy atom. The van der Waals surface area contributed by atoms with Crippen LogP contribution in [0.4, 0.5) is 5.69 Å². The highest BCUT2D eigenvalue weighted by atomic mass is 79.9. The fourth-order valence-corrected chi connectivity index (χ4v) is 2.27. The number of halogens is 1. The maximum absolute atomic E-state index is 9.31. The number of rotatable bonds is 1. The normalized spacial score (nSPS) is 19.9. The lowest BCUT2D eigenvalue weighted by molar-refractivity contribution is 0.349. The summed E-state index contributed by atoms with van der Waals surface area (Å²) in [7, 11) is 2.07. The van der Waals surface area contributed by atoms with Crippen molar-refractivity contribution in [1.29, 1.82) is 0 Å². The van der Waals surface area contributed by atoms with Crippen molar-refractivity contribution < 1.29 is 5.11 Å². The van der Waals surface area contributed by atoms with Crippen molar-refractivity contribution in [2.24, 2.45) is 0 Å². The summed E-state index contributed by atoms with van der Waals surface area (Å²) >= 11 is 3.47.